The van der Waals surface area contributed by atoms with Crippen LogP contribution in [0.2, 0.25) is 0 Å². The number of rotatable bonds is 3. The average Bonchev–Trinajstić information content (AvgIpc) is 3.36. The Bertz CT molecular complexity index is 783. The normalized spacial score (nSPS) is 23.6. The van der Waals surface area contributed by atoms with E-state index in [0.717, 1.165) is 42.8 Å². The van der Waals surface area contributed by atoms with Crippen LogP contribution in [0.15, 0.2) is 28.3 Å². The van der Waals surface area contributed by atoms with E-state index in [2.05, 4.69) is 27.4 Å². The molecule has 2 amide bonds. The Hall–Kier alpha value is -2.50. The molecule has 1 aromatic rings. The topological polar surface area (TPSA) is 86.7 Å². The largest absolute Gasteiger partial charge is 0.362 e. The Morgan fingerprint density at radius 1 is 1.32 bits per heavy atom. The van der Waals surface area contributed by atoms with E-state index >= 15 is 0 Å². The van der Waals surface area contributed by atoms with Crippen molar-refractivity contribution in [1.82, 2.24) is 10.3 Å². The molecule has 1 saturated carbocycles. The van der Waals surface area contributed by atoms with Gasteiger partial charge in [0.2, 0.25) is 5.91 Å². The van der Waals surface area contributed by atoms with Gasteiger partial charge >= 0.3 is 0 Å². The van der Waals surface area contributed by atoms with Crippen molar-refractivity contribution in [3.8, 4) is 0 Å². The third-order valence-corrected chi connectivity index (χ3v) is 4.95. The maximum Gasteiger partial charge on any atom is 0.280 e. The molecule has 25 heavy (non-hydrogen) atoms. The van der Waals surface area contributed by atoms with Crippen LogP contribution >= 0.6 is 0 Å². The fraction of sp³-hybridized carbons (Fsp3) is 0.474. The molecular formula is C19H22N4O2. The van der Waals surface area contributed by atoms with Crippen LogP contribution < -0.4 is 5.32 Å². The van der Waals surface area contributed by atoms with Crippen molar-refractivity contribution in [3.63, 3.8) is 0 Å². The number of H-pyrrole nitrogens is 1. The highest BCUT2D eigenvalue weighted by atomic mass is 16.2. The highest BCUT2D eigenvalue weighted by Gasteiger charge is 2.28. The standard InChI is InChI=1S/C19H22N4O2/c24-18-13(4-3-9-20-18)10-22-19(25)14-11-21-16-6-2-1-5-15(12-7-8-12)23-17(14)16/h1,5,10-13,21H,2-4,6-9H2,(H,20,24). The molecule has 1 aliphatic carbocycles. The highest BCUT2D eigenvalue weighted by Crippen LogP contribution is 2.35. The first-order chi connectivity index (χ1) is 12.2. The molecule has 130 valence electrons. The number of hydrogen-bond acceptors (Lipinski definition) is 3. The minimum absolute atomic E-state index is 0.0497. The number of fused-ring (bicyclic) bond motifs is 1. The number of allylic oxidation sites excluding steroid dienone is 2. The number of piperidine rings is 1. The summed E-state index contributed by atoms with van der Waals surface area (Å²) in [6.07, 6.45) is 13.2. The van der Waals surface area contributed by atoms with E-state index in [1.165, 1.54) is 19.1 Å². The SMILES string of the molecule is O=C(N=CC1CCCNC1=O)c1c[nH]c2c1N=C(C1CC1)C=CCC2. The highest BCUT2D eigenvalue weighted by molar-refractivity contribution is 6.08. The molecule has 0 spiro atoms. The Morgan fingerprint density at radius 3 is 3.00 bits per heavy atom. The molecule has 0 aromatic carbocycles. The second-order valence-electron chi connectivity index (χ2n) is 6.90. The summed E-state index contributed by atoms with van der Waals surface area (Å²) in [4.78, 5) is 36.4. The molecule has 0 bridgehead atoms. The van der Waals surface area contributed by atoms with Crippen LogP contribution in [-0.4, -0.2) is 35.3 Å². The lowest BCUT2D eigenvalue weighted by Crippen LogP contribution is -2.37. The zero-order valence-electron chi connectivity index (χ0n) is 14.1. The quantitative estimate of drug-likeness (QED) is 0.830. The van der Waals surface area contributed by atoms with E-state index in [-0.39, 0.29) is 17.7 Å². The van der Waals surface area contributed by atoms with Crippen molar-refractivity contribution in [2.24, 2.45) is 21.8 Å². The predicted molar refractivity (Wildman–Crippen MR) is 96.6 cm³/mol. The number of carbonyl (C=O) groups is 2. The lowest BCUT2D eigenvalue weighted by atomic mass is 10.0. The number of aromatic amines is 1. The van der Waals surface area contributed by atoms with Gasteiger partial charge in [0, 0.05) is 36.3 Å². The number of aromatic nitrogens is 1. The number of aryl methyl sites for hydroxylation is 1. The van der Waals surface area contributed by atoms with Crippen molar-refractivity contribution in [3.05, 3.63) is 29.6 Å². The predicted octanol–water partition coefficient (Wildman–Crippen LogP) is 2.74. The first-order valence-corrected chi connectivity index (χ1v) is 9.04. The number of carbonyl (C=O) groups excluding carboxylic acids is 2. The zero-order valence-corrected chi connectivity index (χ0v) is 14.1. The summed E-state index contributed by atoms with van der Waals surface area (Å²) in [5.41, 5.74) is 3.26. The van der Waals surface area contributed by atoms with Crippen LogP contribution in [0.4, 0.5) is 5.69 Å². The van der Waals surface area contributed by atoms with Crippen LogP contribution in [-0.2, 0) is 11.2 Å². The van der Waals surface area contributed by atoms with Crippen LogP contribution in [0.5, 0.6) is 0 Å². The summed E-state index contributed by atoms with van der Waals surface area (Å²) in [6, 6.07) is 0. The summed E-state index contributed by atoms with van der Waals surface area (Å²) in [7, 11) is 0. The third kappa shape index (κ3) is 3.48. The van der Waals surface area contributed by atoms with Gasteiger partial charge in [0.1, 0.15) is 0 Å². The van der Waals surface area contributed by atoms with Gasteiger partial charge in [0.15, 0.2) is 0 Å². The van der Waals surface area contributed by atoms with Gasteiger partial charge < -0.3 is 10.3 Å². The molecule has 2 aliphatic heterocycles. The van der Waals surface area contributed by atoms with Gasteiger partial charge in [-0.25, -0.2) is 4.99 Å². The number of amides is 2. The minimum atomic E-state index is -0.334. The number of hydrogen-bond donors (Lipinski definition) is 2. The van der Waals surface area contributed by atoms with E-state index in [9.17, 15) is 9.59 Å². The van der Waals surface area contributed by atoms with Crippen molar-refractivity contribution < 1.29 is 9.59 Å². The van der Waals surface area contributed by atoms with Crippen LogP contribution in [0.25, 0.3) is 0 Å². The maximum absolute atomic E-state index is 12.6. The summed E-state index contributed by atoms with van der Waals surface area (Å²) >= 11 is 0. The smallest absolute Gasteiger partial charge is 0.280 e. The van der Waals surface area contributed by atoms with E-state index in [4.69, 9.17) is 4.99 Å². The molecule has 6 nitrogen and oxygen atoms in total. The second-order valence-corrected chi connectivity index (χ2v) is 6.90. The third-order valence-electron chi connectivity index (χ3n) is 4.95. The van der Waals surface area contributed by atoms with Crippen molar-refractivity contribution in [2.45, 2.75) is 38.5 Å². The first-order valence-electron chi connectivity index (χ1n) is 9.04. The van der Waals surface area contributed by atoms with Gasteiger partial charge in [-0.1, -0.05) is 6.08 Å². The van der Waals surface area contributed by atoms with Crippen molar-refractivity contribution in [1.29, 1.82) is 0 Å². The van der Waals surface area contributed by atoms with E-state index in [1.54, 1.807) is 6.20 Å². The molecule has 1 unspecified atom stereocenters. The summed E-state index contributed by atoms with van der Waals surface area (Å²) < 4.78 is 0. The van der Waals surface area contributed by atoms with Crippen LogP contribution in [0, 0.1) is 11.8 Å². The number of nitrogens with zero attached hydrogens (tertiary/aromatic N) is 2. The molecule has 1 aromatic heterocycles. The fourth-order valence-electron chi connectivity index (χ4n) is 3.31. The monoisotopic (exact) mass is 338 g/mol. The van der Waals surface area contributed by atoms with Gasteiger partial charge in [-0.15, -0.1) is 0 Å². The lowest BCUT2D eigenvalue weighted by Gasteiger charge is -2.17. The van der Waals surface area contributed by atoms with Crippen LogP contribution in [0.1, 0.15) is 48.2 Å². The summed E-state index contributed by atoms with van der Waals surface area (Å²) in [5, 5.41) is 2.80. The molecule has 1 atom stereocenters. The van der Waals surface area contributed by atoms with Gasteiger partial charge in [-0.3, -0.25) is 14.6 Å². The molecule has 4 rings (SSSR count). The fourth-order valence-corrected chi connectivity index (χ4v) is 3.31. The van der Waals surface area contributed by atoms with Gasteiger partial charge in [-0.2, -0.15) is 0 Å². The molecule has 3 aliphatic rings. The zero-order chi connectivity index (χ0) is 17.2. The van der Waals surface area contributed by atoms with E-state index in [1.807, 2.05) is 0 Å². The average molecular weight is 338 g/mol. The number of nitrogens with one attached hydrogen (secondary N) is 2. The van der Waals surface area contributed by atoms with Gasteiger partial charge in [0.05, 0.1) is 17.2 Å². The lowest BCUT2D eigenvalue weighted by molar-refractivity contribution is -0.124. The van der Waals surface area contributed by atoms with Crippen molar-refractivity contribution >= 4 is 29.4 Å². The molecule has 1 saturated heterocycles. The summed E-state index contributed by atoms with van der Waals surface area (Å²) in [5.74, 6) is -0.174. The Labute approximate surface area is 146 Å². The Balaban J connectivity index is 1.59. The van der Waals surface area contributed by atoms with Gasteiger partial charge in [-0.05, 0) is 44.6 Å². The van der Waals surface area contributed by atoms with Crippen molar-refractivity contribution in [2.75, 3.05) is 6.54 Å². The van der Waals surface area contributed by atoms with Gasteiger partial charge in [0.25, 0.3) is 5.91 Å². The molecule has 2 fully saturated rings. The second kappa shape index (κ2) is 6.78. The number of aliphatic imine (C=N–C) groups is 2. The van der Waals surface area contributed by atoms with Crippen LogP contribution in [0.3, 0.4) is 0 Å². The Kier molecular flexibility index (Phi) is 4.34. The molecule has 6 heteroatoms. The minimum Gasteiger partial charge on any atom is -0.362 e. The summed E-state index contributed by atoms with van der Waals surface area (Å²) in [6.45, 7) is 0.703. The molecular weight excluding hydrogens is 316 g/mol. The molecule has 3 heterocycles. The Morgan fingerprint density at radius 2 is 2.20 bits per heavy atom. The molecule has 2 N–H and O–H groups in total. The first kappa shape index (κ1) is 16.0. The van der Waals surface area contributed by atoms with E-state index in [0.29, 0.717) is 18.0 Å². The van der Waals surface area contributed by atoms with E-state index < -0.39 is 0 Å². The molecule has 0 radical (unpaired) electrons. The maximum atomic E-state index is 12.6.